The smallest absolute Gasteiger partial charge is 0.416 e. The molecule has 1 aliphatic rings. The van der Waals surface area contributed by atoms with E-state index in [0.717, 1.165) is 48.2 Å². The van der Waals surface area contributed by atoms with Gasteiger partial charge in [-0.3, -0.25) is 9.59 Å². The van der Waals surface area contributed by atoms with Crippen molar-refractivity contribution in [1.29, 1.82) is 0 Å². The minimum absolute atomic E-state index is 0.117. The van der Waals surface area contributed by atoms with E-state index in [2.05, 4.69) is 0 Å². The number of halogens is 6. The molecule has 0 aromatic heterocycles. The fourth-order valence-electron chi connectivity index (χ4n) is 3.23. The first-order valence-corrected chi connectivity index (χ1v) is 11.4. The monoisotopic (exact) mass is 538 g/mol. The molecule has 1 heterocycles. The molecule has 2 aromatic rings. The fraction of sp³-hybridized carbons (Fsp3) is 0.391. The van der Waals surface area contributed by atoms with Crippen molar-refractivity contribution in [3.63, 3.8) is 0 Å². The highest BCUT2D eigenvalue weighted by Gasteiger charge is 2.43. The predicted octanol–water partition coefficient (Wildman–Crippen LogP) is 5.57. The maximum absolute atomic E-state index is 13.2. The van der Waals surface area contributed by atoms with Crippen LogP contribution in [0.15, 0.2) is 42.5 Å². The average molecular weight is 538 g/mol. The van der Waals surface area contributed by atoms with E-state index in [1.807, 2.05) is 0 Å². The average Bonchev–Trinajstić information content (AvgIpc) is 2.77. The number of benzene rings is 2. The molecule has 2 aromatic carbocycles. The van der Waals surface area contributed by atoms with E-state index in [9.17, 15) is 35.9 Å². The molecule has 1 fully saturated rings. The van der Waals surface area contributed by atoms with Gasteiger partial charge >= 0.3 is 24.3 Å². The second kappa shape index (κ2) is 10.5. The van der Waals surface area contributed by atoms with Gasteiger partial charge in [0.05, 0.1) is 17.5 Å². The van der Waals surface area contributed by atoms with Crippen molar-refractivity contribution >= 4 is 23.7 Å². The lowest BCUT2D eigenvalue weighted by Crippen LogP contribution is -2.46. The number of esters is 1. The normalized spacial score (nSPS) is 20.5. The fourth-order valence-corrected chi connectivity index (χ4v) is 4.34. The van der Waals surface area contributed by atoms with Gasteiger partial charge in [0.25, 0.3) is 0 Å². The van der Waals surface area contributed by atoms with Crippen LogP contribution in [0.5, 0.6) is 11.5 Å². The highest BCUT2D eigenvalue weighted by molar-refractivity contribution is 8.01. The number of hydrogen-bond donors (Lipinski definition) is 1. The first-order valence-electron chi connectivity index (χ1n) is 10.4. The van der Waals surface area contributed by atoms with Crippen molar-refractivity contribution in [1.82, 2.24) is 0 Å². The molecule has 2 unspecified atom stereocenters. The molecule has 0 spiro atoms. The van der Waals surface area contributed by atoms with Crippen molar-refractivity contribution in [3.05, 3.63) is 59.2 Å². The minimum atomic E-state index is -4.69. The number of aliphatic carboxylic acids is 1. The zero-order chi connectivity index (χ0) is 26.7. The predicted molar refractivity (Wildman–Crippen MR) is 116 cm³/mol. The van der Waals surface area contributed by atoms with Gasteiger partial charge in [0.1, 0.15) is 35.6 Å². The number of carboxylic acid groups (broad SMARTS) is 1. The first-order chi connectivity index (χ1) is 16.7. The van der Waals surface area contributed by atoms with E-state index >= 15 is 0 Å². The number of alkyl halides is 6. The summed E-state index contributed by atoms with van der Waals surface area (Å²) in [7, 11) is 0. The summed E-state index contributed by atoms with van der Waals surface area (Å²) < 4.78 is 93.2. The number of cyclic esters (lactones) is 1. The van der Waals surface area contributed by atoms with Crippen LogP contribution in [0.3, 0.4) is 0 Å². The van der Waals surface area contributed by atoms with E-state index in [4.69, 9.17) is 19.3 Å². The van der Waals surface area contributed by atoms with Gasteiger partial charge in [-0.25, -0.2) is 0 Å². The van der Waals surface area contributed by atoms with Crippen LogP contribution in [-0.4, -0.2) is 40.3 Å². The molecule has 3 rings (SSSR count). The summed E-state index contributed by atoms with van der Waals surface area (Å²) in [6.45, 7) is 0.686. The molecule has 0 radical (unpaired) electrons. The van der Waals surface area contributed by atoms with Crippen molar-refractivity contribution < 1.29 is 55.2 Å². The summed E-state index contributed by atoms with van der Waals surface area (Å²) in [5.74, 6) is -2.23. The van der Waals surface area contributed by atoms with Crippen LogP contribution in [-0.2, 0) is 33.3 Å². The topological polar surface area (TPSA) is 82.1 Å². The Bertz CT molecular complexity index is 1120. The summed E-state index contributed by atoms with van der Waals surface area (Å²) in [6.07, 6.45) is -10.6. The quantitative estimate of drug-likeness (QED) is 0.348. The van der Waals surface area contributed by atoms with Gasteiger partial charge in [-0.1, -0.05) is 12.1 Å². The van der Waals surface area contributed by atoms with Crippen molar-refractivity contribution in [3.8, 4) is 11.5 Å². The molecule has 0 aliphatic carbocycles. The van der Waals surface area contributed by atoms with E-state index in [0.29, 0.717) is 0 Å². The number of thioether (sulfide) groups is 1. The van der Waals surface area contributed by atoms with Crippen LogP contribution in [0.2, 0.25) is 0 Å². The van der Waals surface area contributed by atoms with E-state index < -0.39 is 59.3 Å². The summed E-state index contributed by atoms with van der Waals surface area (Å²) >= 11 is 1.04. The molecule has 36 heavy (non-hydrogen) atoms. The zero-order valence-corrected chi connectivity index (χ0v) is 19.4. The molecule has 1 aliphatic heterocycles. The third-order valence-electron chi connectivity index (χ3n) is 5.16. The lowest BCUT2D eigenvalue weighted by molar-refractivity contribution is -0.156. The summed E-state index contributed by atoms with van der Waals surface area (Å²) in [6, 6.07) is 6.60. The second-order valence-electron chi connectivity index (χ2n) is 8.09. The SMILES string of the molecule is CC1(CC(=O)O)SCC(COc2cc(C(F)(F)F)ccc2COc2cccc(C(F)(F)F)c2)OC1=O. The first kappa shape index (κ1) is 27.5. The Morgan fingerprint density at radius 2 is 1.75 bits per heavy atom. The largest absolute Gasteiger partial charge is 0.489 e. The van der Waals surface area contributed by atoms with Gasteiger partial charge in [-0.15, -0.1) is 11.8 Å². The van der Waals surface area contributed by atoms with Crippen LogP contribution in [0.25, 0.3) is 0 Å². The van der Waals surface area contributed by atoms with Gasteiger partial charge in [-0.05, 0) is 37.3 Å². The third-order valence-corrected chi connectivity index (χ3v) is 6.64. The van der Waals surface area contributed by atoms with Crippen LogP contribution in [0.4, 0.5) is 26.3 Å². The number of hydrogen-bond acceptors (Lipinski definition) is 6. The molecule has 6 nitrogen and oxygen atoms in total. The maximum atomic E-state index is 13.2. The van der Waals surface area contributed by atoms with Crippen LogP contribution < -0.4 is 9.47 Å². The maximum Gasteiger partial charge on any atom is 0.416 e. The van der Waals surface area contributed by atoms with Gasteiger partial charge in [0.15, 0.2) is 0 Å². The van der Waals surface area contributed by atoms with Crippen molar-refractivity contribution in [2.45, 2.75) is 43.2 Å². The number of rotatable bonds is 8. The highest BCUT2D eigenvalue weighted by Crippen LogP contribution is 2.37. The highest BCUT2D eigenvalue weighted by atomic mass is 32.2. The molecule has 13 heteroatoms. The number of ether oxygens (including phenoxy) is 3. The molecule has 0 saturated carbocycles. The number of carbonyl (C=O) groups excluding carboxylic acids is 1. The Morgan fingerprint density at radius 1 is 1.08 bits per heavy atom. The molecule has 196 valence electrons. The summed E-state index contributed by atoms with van der Waals surface area (Å²) in [4.78, 5) is 23.3. The third kappa shape index (κ3) is 6.99. The molecule has 2 atom stereocenters. The van der Waals surface area contributed by atoms with Crippen molar-refractivity contribution in [2.75, 3.05) is 12.4 Å². The van der Waals surface area contributed by atoms with E-state index in [1.54, 1.807) is 0 Å². The van der Waals surface area contributed by atoms with Gasteiger partial charge < -0.3 is 19.3 Å². The summed E-state index contributed by atoms with van der Waals surface area (Å²) in [5, 5.41) is 8.97. The van der Waals surface area contributed by atoms with Gasteiger partial charge in [-0.2, -0.15) is 26.3 Å². The Hall–Kier alpha value is -3.09. The zero-order valence-electron chi connectivity index (χ0n) is 18.6. The second-order valence-corrected chi connectivity index (χ2v) is 9.61. The molecule has 1 N–H and O–H groups in total. The van der Waals surface area contributed by atoms with E-state index in [-0.39, 0.29) is 29.4 Å². The van der Waals surface area contributed by atoms with Crippen LogP contribution in [0, 0.1) is 0 Å². The molecule has 0 amide bonds. The van der Waals surface area contributed by atoms with Gasteiger partial charge in [0.2, 0.25) is 0 Å². The minimum Gasteiger partial charge on any atom is -0.489 e. The van der Waals surface area contributed by atoms with Crippen LogP contribution >= 0.6 is 11.8 Å². The Balaban J connectivity index is 1.73. The lowest BCUT2D eigenvalue weighted by atomic mass is 10.1. The number of carbonyl (C=O) groups is 2. The lowest BCUT2D eigenvalue weighted by Gasteiger charge is -2.34. The summed E-state index contributed by atoms with van der Waals surface area (Å²) in [5.41, 5.74) is -1.86. The Morgan fingerprint density at radius 3 is 2.36 bits per heavy atom. The standard InChI is InChI=1S/C23H20F6O6S/c1-21(9-19(30)31)20(32)35-17(12-36-21)11-34-18-8-15(23(27,28)29)6-5-13(18)10-33-16-4-2-3-14(7-16)22(24,25)26/h2-8,17H,9-12H2,1H3,(H,30,31). The van der Waals surface area contributed by atoms with Crippen LogP contribution in [0.1, 0.15) is 30.0 Å². The van der Waals surface area contributed by atoms with Crippen molar-refractivity contribution in [2.24, 2.45) is 0 Å². The van der Waals surface area contributed by atoms with E-state index in [1.165, 1.54) is 13.0 Å². The number of carboxylic acids is 1. The molecular weight excluding hydrogens is 518 g/mol. The Labute approximate surface area is 205 Å². The van der Waals surface area contributed by atoms with Gasteiger partial charge in [0, 0.05) is 11.3 Å². The molecule has 1 saturated heterocycles. The Kier molecular flexibility index (Phi) is 8.01. The molecular formula is C23H20F6O6S. The molecule has 0 bridgehead atoms.